The number of nitrogens with two attached hydrogens (primary N) is 3. The SMILES string of the molecule is CSCC[C@H](C)C(=O)N[C@H](C(=O)N[C@@H](CC(=O)O)C(=O)N[C@@H](CCCCN)C(=O)N[C@@H](Cc1ccc(O)cc1)C(=O)N[C@@H](CCCNC(=N)N)C(=O)N[C@@H](CC(C)C)C(N)=O)[C@@H](C)O. The van der Waals surface area contributed by atoms with Gasteiger partial charge in [-0.05, 0) is 94.0 Å². The zero-order chi connectivity index (χ0) is 48.5. The number of hydrogen-bond acceptors (Lipinski definition) is 13. The molecule has 0 bridgehead atoms. The van der Waals surface area contributed by atoms with Crippen LogP contribution in [0.1, 0.15) is 84.6 Å². The van der Waals surface area contributed by atoms with Gasteiger partial charge in [-0.2, -0.15) is 11.8 Å². The Balaban J connectivity index is 3.54. The van der Waals surface area contributed by atoms with Crippen molar-refractivity contribution in [1.29, 1.82) is 5.41 Å². The van der Waals surface area contributed by atoms with Crippen LogP contribution in [0.5, 0.6) is 5.75 Å². The first-order valence-corrected chi connectivity index (χ1v) is 22.6. The minimum absolute atomic E-state index is 0.0179. The highest BCUT2D eigenvalue weighted by molar-refractivity contribution is 7.98. The Morgan fingerprint density at radius 1 is 0.688 bits per heavy atom. The summed E-state index contributed by atoms with van der Waals surface area (Å²) in [7, 11) is 0. The molecule has 0 aliphatic carbocycles. The molecule has 0 aromatic heterocycles. The molecule has 0 aliphatic heterocycles. The summed E-state index contributed by atoms with van der Waals surface area (Å²) in [4.78, 5) is 106. The number of hydrogen-bond donors (Lipinski definition) is 14. The van der Waals surface area contributed by atoms with E-state index in [0.29, 0.717) is 24.2 Å². The molecule has 8 atom stereocenters. The number of aliphatic hydroxyl groups excluding tert-OH is 1. The van der Waals surface area contributed by atoms with Gasteiger partial charge in [-0.1, -0.05) is 32.9 Å². The third-order valence-corrected chi connectivity index (χ3v) is 10.5. The van der Waals surface area contributed by atoms with Crippen LogP contribution in [0.4, 0.5) is 0 Å². The molecule has 1 rings (SSSR count). The lowest BCUT2D eigenvalue weighted by molar-refractivity contribution is -0.142. The lowest BCUT2D eigenvalue weighted by Gasteiger charge is -2.28. The molecule has 0 radical (unpaired) electrons. The van der Waals surface area contributed by atoms with Gasteiger partial charge in [-0.15, -0.1) is 0 Å². The number of rotatable bonds is 31. The predicted octanol–water partition coefficient (Wildman–Crippen LogP) is -1.99. The van der Waals surface area contributed by atoms with Crippen molar-refractivity contribution in [3.63, 3.8) is 0 Å². The summed E-state index contributed by atoms with van der Waals surface area (Å²) in [6, 6.07) is -2.89. The second-order valence-electron chi connectivity index (χ2n) is 16.0. The standard InChI is InChI=1S/C41H69N11O11S/c1-22(2)19-29(34(43)57)49-36(59)28(10-8-17-46-41(44)45)48-38(61)30(20-25-11-13-26(54)14-12-25)50-37(60)27(9-6-7-16-42)47-39(62)31(21-32(55)56)51-40(63)33(24(4)53)52-35(58)23(3)15-18-64-5/h11-14,22-24,27-31,33,53-54H,6-10,15-21,42H2,1-5H3,(H2,43,57)(H,47,62)(H,48,61)(H,49,59)(H,50,60)(H,51,63)(H,52,58)(H,55,56)(H4,44,45,46)/t23-,24+,27-,28-,29-,30-,31-,33-/m0/s1. The summed E-state index contributed by atoms with van der Waals surface area (Å²) in [6.45, 7) is 6.88. The highest BCUT2D eigenvalue weighted by atomic mass is 32.2. The molecular weight excluding hydrogens is 855 g/mol. The largest absolute Gasteiger partial charge is 0.508 e. The number of benzene rings is 1. The van der Waals surface area contributed by atoms with E-state index in [2.05, 4.69) is 37.2 Å². The fourth-order valence-corrected chi connectivity index (χ4v) is 6.80. The van der Waals surface area contributed by atoms with E-state index in [-0.39, 0.29) is 69.2 Å². The van der Waals surface area contributed by atoms with E-state index < -0.39 is 102 Å². The minimum Gasteiger partial charge on any atom is -0.508 e. The number of amides is 7. The Kier molecular flexibility index (Phi) is 26.1. The molecule has 17 N–H and O–H groups in total. The van der Waals surface area contributed by atoms with Crippen molar-refractivity contribution < 1.29 is 53.7 Å². The Labute approximate surface area is 378 Å². The maximum atomic E-state index is 14.2. The third-order valence-electron chi connectivity index (χ3n) is 9.85. The molecule has 7 amide bonds. The number of aliphatic carboxylic acids is 1. The first-order chi connectivity index (χ1) is 30.1. The molecule has 0 heterocycles. The number of carboxylic acid groups (broad SMARTS) is 1. The highest BCUT2D eigenvalue weighted by Crippen LogP contribution is 2.14. The Bertz CT molecular complexity index is 1720. The number of phenolic OH excluding ortho intramolecular Hbond substituents is 1. The van der Waals surface area contributed by atoms with Gasteiger partial charge in [0, 0.05) is 18.9 Å². The van der Waals surface area contributed by atoms with Crippen LogP contribution in [0.2, 0.25) is 0 Å². The van der Waals surface area contributed by atoms with Gasteiger partial charge in [0.1, 0.15) is 42.0 Å². The number of guanidine groups is 1. The second kappa shape index (κ2) is 29.6. The van der Waals surface area contributed by atoms with E-state index in [0.717, 1.165) is 0 Å². The molecule has 1 aromatic carbocycles. The first kappa shape index (κ1) is 56.3. The summed E-state index contributed by atoms with van der Waals surface area (Å²) in [5.74, 6) is -7.85. The number of carbonyl (C=O) groups excluding carboxylic acids is 7. The molecule has 64 heavy (non-hydrogen) atoms. The van der Waals surface area contributed by atoms with E-state index in [1.807, 2.05) is 20.1 Å². The highest BCUT2D eigenvalue weighted by Gasteiger charge is 2.35. The van der Waals surface area contributed by atoms with E-state index in [4.69, 9.17) is 22.6 Å². The molecule has 22 nitrogen and oxygen atoms in total. The fourth-order valence-electron chi connectivity index (χ4n) is 6.22. The zero-order valence-electron chi connectivity index (χ0n) is 37.2. The normalized spacial score (nSPS) is 14.8. The average Bonchev–Trinajstić information content (AvgIpc) is 3.21. The average molecular weight is 924 g/mol. The minimum atomic E-state index is -1.80. The molecule has 0 unspecified atom stereocenters. The van der Waals surface area contributed by atoms with Crippen molar-refractivity contribution >= 4 is 65.0 Å². The molecule has 360 valence electrons. The van der Waals surface area contributed by atoms with Crippen LogP contribution in [-0.4, -0.2) is 136 Å². The molecule has 0 saturated heterocycles. The fraction of sp³-hybridized carbons (Fsp3) is 0.634. The number of aromatic hydroxyl groups is 1. The van der Waals surface area contributed by atoms with Crippen molar-refractivity contribution in [3.8, 4) is 5.75 Å². The van der Waals surface area contributed by atoms with E-state index in [1.165, 1.54) is 43.0 Å². The van der Waals surface area contributed by atoms with Gasteiger partial charge in [-0.3, -0.25) is 43.8 Å². The summed E-state index contributed by atoms with van der Waals surface area (Å²) in [5.41, 5.74) is 17.1. The van der Waals surface area contributed by atoms with Crippen molar-refractivity contribution in [2.45, 2.75) is 128 Å². The Morgan fingerprint density at radius 2 is 1.20 bits per heavy atom. The van der Waals surface area contributed by atoms with Gasteiger partial charge in [0.05, 0.1) is 12.5 Å². The number of unbranched alkanes of at least 4 members (excludes halogenated alkanes) is 1. The predicted molar refractivity (Wildman–Crippen MR) is 240 cm³/mol. The number of carboxylic acids is 1. The summed E-state index contributed by atoms with van der Waals surface area (Å²) in [5, 5.41) is 55.1. The van der Waals surface area contributed by atoms with Crippen LogP contribution in [0.3, 0.4) is 0 Å². The number of carbonyl (C=O) groups is 8. The lowest BCUT2D eigenvalue weighted by atomic mass is 10.0. The number of nitrogens with one attached hydrogen (secondary N) is 8. The van der Waals surface area contributed by atoms with E-state index in [1.54, 1.807) is 6.92 Å². The third kappa shape index (κ3) is 22.1. The van der Waals surface area contributed by atoms with Crippen LogP contribution < -0.4 is 54.4 Å². The first-order valence-electron chi connectivity index (χ1n) is 21.2. The smallest absolute Gasteiger partial charge is 0.305 e. The molecule has 23 heteroatoms. The number of primary amides is 1. The van der Waals surface area contributed by atoms with Crippen molar-refractivity contribution in [3.05, 3.63) is 29.8 Å². The summed E-state index contributed by atoms with van der Waals surface area (Å²) < 4.78 is 0. The number of aliphatic hydroxyl groups is 1. The quantitative estimate of drug-likeness (QED) is 0.0218. The van der Waals surface area contributed by atoms with Gasteiger partial charge in [0.2, 0.25) is 41.4 Å². The maximum absolute atomic E-state index is 14.2. The number of phenols is 1. The molecule has 0 spiro atoms. The Hall–Kier alpha value is -5.68. The van der Waals surface area contributed by atoms with Crippen LogP contribution in [0.25, 0.3) is 0 Å². The van der Waals surface area contributed by atoms with Gasteiger partial charge < -0.3 is 69.7 Å². The second-order valence-corrected chi connectivity index (χ2v) is 17.0. The summed E-state index contributed by atoms with van der Waals surface area (Å²) >= 11 is 1.51. The van der Waals surface area contributed by atoms with E-state index >= 15 is 0 Å². The van der Waals surface area contributed by atoms with Crippen molar-refractivity contribution in [2.75, 3.05) is 25.1 Å². The number of thioether (sulfide) groups is 1. The van der Waals surface area contributed by atoms with Crippen LogP contribution >= 0.6 is 11.8 Å². The van der Waals surface area contributed by atoms with E-state index in [9.17, 15) is 53.7 Å². The maximum Gasteiger partial charge on any atom is 0.305 e. The van der Waals surface area contributed by atoms with Gasteiger partial charge in [0.15, 0.2) is 5.96 Å². The zero-order valence-corrected chi connectivity index (χ0v) is 38.1. The van der Waals surface area contributed by atoms with Crippen molar-refractivity contribution in [1.82, 2.24) is 37.2 Å². The van der Waals surface area contributed by atoms with Gasteiger partial charge in [0.25, 0.3) is 0 Å². The molecular formula is C41H69N11O11S. The lowest BCUT2D eigenvalue weighted by Crippen LogP contribution is -2.61. The van der Waals surface area contributed by atoms with Crippen LogP contribution in [0, 0.1) is 17.2 Å². The van der Waals surface area contributed by atoms with Crippen LogP contribution in [0.15, 0.2) is 24.3 Å². The topological polar surface area (TPSA) is 383 Å². The van der Waals surface area contributed by atoms with Gasteiger partial charge >= 0.3 is 5.97 Å². The molecule has 1 aromatic rings. The molecule has 0 aliphatic rings. The summed E-state index contributed by atoms with van der Waals surface area (Å²) in [6.07, 6.45) is 0.746. The molecule has 0 saturated carbocycles. The molecule has 0 fully saturated rings. The van der Waals surface area contributed by atoms with Crippen LogP contribution in [-0.2, 0) is 44.8 Å². The van der Waals surface area contributed by atoms with Gasteiger partial charge in [-0.25, -0.2) is 0 Å². The Morgan fingerprint density at radius 3 is 1.70 bits per heavy atom. The van der Waals surface area contributed by atoms with Crippen molar-refractivity contribution in [2.24, 2.45) is 29.0 Å². The monoisotopic (exact) mass is 923 g/mol.